The fourth-order valence-corrected chi connectivity index (χ4v) is 3.07. The van der Waals surface area contributed by atoms with Crippen LogP contribution < -0.4 is 5.32 Å². The zero-order chi connectivity index (χ0) is 8.77. The topological polar surface area (TPSA) is 12.0 Å². The zero-order valence-corrected chi connectivity index (χ0v) is 8.85. The van der Waals surface area contributed by atoms with Gasteiger partial charge in [-0.1, -0.05) is 11.6 Å². The van der Waals surface area contributed by atoms with Gasteiger partial charge in [0.25, 0.3) is 0 Å². The Kier molecular flexibility index (Phi) is 1.94. The monoisotopic (exact) mass is 201 g/mol. The molecule has 0 fully saturated rings. The maximum atomic E-state index is 5.93. The standard InChI is InChI=1S/C9H12ClNS/c1-9(2)4-7-6(5-11-9)3-8(10)12-7/h3,11H,4-5H2,1-2H3. The van der Waals surface area contributed by atoms with E-state index >= 15 is 0 Å². The maximum absolute atomic E-state index is 5.93. The minimum Gasteiger partial charge on any atom is -0.307 e. The highest BCUT2D eigenvalue weighted by molar-refractivity contribution is 7.16. The van der Waals surface area contributed by atoms with Crippen molar-refractivity contribution in [2.45, 2.75) is 32.4 Å². The largest absolute Gasteiger partial charge is 0.307 e. The average molecular weight is 202 g/mol. The number of rotatable bonds is 0. The number of hydrogen-bond acceptors (Lipinski definition) is 2. The molecular weight excluding hydrogens is 190 g/mol. The minimum atomic E-state index is 0.237. The fourth-order valence-electron chi connectivity index (χ4n) is 1.53. The van der Waals surface area contributed by atoms with Crippen molar-refractivity contribution in [2.75, 3.05) is 0 Å². The highest BCUT2D eigenvalue weighted by atomic mass is 35.5. The van der Waals surface area contributed by atoms with Gasteiger partial charge in [0.2, 0.25) is 0 Å². The molecule has 0 aliphatic carbocycles. The van der Waals surface area contributed by atoms with Gasteiger partial charge < -0.3 is 5.32 Å². The molecule has 0 unspecified atom stereocenters. The van der Waals surface area contributed by atoms with Crippen molar-refractivity contribution in [1.82, 2.24) is 5.32 Å². The summed E-state index contributed by atoms with van der Waals surface area (Å²) in [4.78, 5) is 1.45. The zero-order valence-electron chi connectivity index (χ0n) is 7.28. The van der Waals surface area contributed by atoms with E-state index in [1.807, 2.05) is 0 Å². The summed E-state index contributed by atoms with van der Waals surface area (Å²) < 4.78 is 0.916. The van der Waals surface area contributed by atoms with E-state index in [0.29, 0.717) is 0 Å². The van der Waals surface area contributed by atoms with Crippen molar-refractivity contribution in [3.05, 3.63) is 20.8 Å². The normalized spacial score (nSPS) is 20.6. The lowest BCUT2D eigenvalue weighted by Crippen LogP contribution is -2.43. The van der Waals surface area contributed by atoms with Gasteiger partial charge in [-0.2, -0.15) is 0 Å². The Morgan fingerprint density at radius 1 is 1.58 bits per heavy atom. The summed E-state index contributed by atoms with van der Waals surface area (Å²) in [6.45, 7) is 5.42. The van der Waals surface area contributed by atoms with Gasteiger partial charge in [-0.05, 0) is 31.9 Å². The molecule has 0 spiro atoms. The smallest absolute Gasteiger partial charge is 0.0934 e. The maximum Gasteiger partial charge on any atom is 0.0934 e. The van der Waals surface area contributed by atoms with Crippen LogP contribution in [0.5, 0.6) is 0 Å². The molecule has 1 N–H and O–H groups in total. The Bertz CT molecular complexity index is 303. The molecule has 0 bridgehead atoms. The van der Waals surface area contributed by atoms with Crippen LogP contribution in [0, 0.1) is 0 Å². The van der Waals surface area contributed by atoms with Crippen LogP contribution in [0.2, 0.25) is 4.34 Å². The van der Waals surface area contributed by atoms with E-state index in [2.05, 4.69) is 25.2 Å². The lowest BCUT2D eigenvalue weighted by atomic mass is 9.94. The summed E-state index contributed by atoms with van der Waals surface area (Å²) >= 11 is 7.65. The van der Waals surface area contributed by atoms with Crippen molar-refractivity contribution < 1.29 is 0 Å². The van der Waals surface area contributed by atoms with E-state index in [0.717, 1.165) is 17.3 Å². The first-order valence-corrected chi connectivity index (χ1v) is 5.28. The summed E-state index contributed by atoms with van der Waals surface area (Å²) in [5.41, 5.74) is 1.62. The molecule has 3 heteroatoms. The van der Waals surface area contributed by atoms with Gasteiger partial charge in [-0.15, -0.1) is 11.3 Å². The summed E-state index contributed by atoms with van der Waals surface area (Å²) in [6, 6.07) is 2.07. The van der Waals surface area contributed by atoms with Crippen LogP contribution in [0.1, 0.15) is 24.3 Å². The predicted molar refractivity (Wildman–Crippen MR) is 54.0 cm³/mol. The Hall–Kier alpha value is -0.0500. The van der Waals surface area contributed by atoms with Gasteiger partial charge >= 0.3 is 0 Å². The van der Waals surface area contributed by atoms with Crippen LogP contribution in [0.25, 0.3) is 0 Å². The number of halogens is 1. The molecule has 1 aliphatic rings. The van der Waals surface area contributed by atoms with Crippen molar-refractivity contribution in [3.8, 4) is 0 Å². The average Bonchev–Trinajstić information content (AvgIpc) is 2.26. The summed E-state index contributed by atoms with van der Waals surface area (Å²) in [7, 11) is 0. The third-order valence-corrected chi connectivity index (χ3v) is 3.53. The predicted octanol–water partition coefficient (Wildman–Crippen LogP) is 2.83. The molecule has 66 valence electrons. The van der Waals surface area contributed by atoms with Crippen molar-refractivity contribution in [1.29, 1.82) is 0 Å². The third-order valence-electron chi connectivity index (χ3n) is 2.23. The van der Waals surface area contributed by atoms with Gasteiger partial charge in [-0.25, -0.2) is 0 Å². The number of hydrogen-bond donors (Lipinski definition) is 1. The quantitative estimate of drug-likeness (QED) is 0.681. The Balaban J connectivity index is 2.34. The molecule has 12 heavy (non-hydrogen) atoms. The molecule has 0 atom stereocenters. The Morgan fingerprint density at radius 2 is 2.33 bits per heavy atom. The molecule has 0 saturated heterocycles. The molecule has 0 amide bonds. The molecule has 1 aromatic rings. The van der Waals surface area contributed by atoms with E-state index in [9.17, 15) is 0 Å². The summed E-state index contributed by atoms with van der Waals surface area (Å²) in [5, 5.41) is 3.48. The summed E-state index contributed by atoms with van der Waals surface area (Å²) in [6.07, 6.45) is 1.10. The van der Waals surface area contributed by atoms with Crippen LogP contribution in [0.4, 0.5) is 0 Å². The first-order valence-electron chi connectivity index (χ1n) is 4.09. The van der Waals surface area contributed by atoms with Crippen molar-refractivity contribution in [2.24, 2.45) is 0 Å². The molecule has 2 rings (SSSR count). The highest BCUT2D eigenvalue weighted by Gasteiger charge is 2.25. The Morgan fingerprint density at radius 3 is 3.08 bits per heavy atom. The van der Waals surface area contributed by atoms with E-state index in [1.54, 1.807) is 11.3 Å². The van der Waals surface area contributed by atoms with Crippen LogP contribution in [-0.4, -0.2) is 5.54 Å². The molecule has 0 saturated carbocycles. The van der Waals surface area contributed by atoms with E-state index in [1.165, 1.54) is 10.4 Å². The van der Waals surface area contributed by atoms with Crippen LogP contribution in [0.15, 0.2) is 6.07 Å². The van der Waals surface area contributed by atoms with Crippen LogP contribution in [-0.2, 0) is 13.0 Å². The molecule has 1 aliphatic heterocycles. The lowest BCUT2D eigenvalue weighted by molar-refractivity contribution is 0.367. The van der Waals surface area contributed by atoms with Gasteiger partial charge in [0.1, 0.15) is 0 Å². The molecule has 1 nitrogen and oxygen atoms in total. The molecule has 1 aromatic heterocycles. The molecular formula is C9H12ClNS. The minimum absolute atomic E-state index is 0.237. The second kappa shape index (κ2) is 2.72. The first-order chi connectivity index (χ1) is 5.57. The highest BCUT2D eigenvalue weighted by Crippen LogP contribution is 2.32. The van der Waals surface area contributed by atoms with Crippen molar-refractivity contribution in [3.63, 3.8) is 0 Å². The Labute approximate surface area is 81.7 Å². The van der Waals surface area contributed by atoms with Crippen LogP contribution >= 0.6 is 22.9 Å². The first kappa shape index (κ1) is 8.54. The summed E-state index contributed by atoms with van der Waals surface area (Å²) in [5.74, 6) is 0. The molecule has 2 heterocycles. The van der Waals surface area contributed by atoms with Gasteiger partial charge in [-0.3, -0.25) is 0 Å². The van der Waals surface area contributed by atoms with Gasteiger partial charge in [0.05, 0.1) is 4.34 Å². The number of thiophene rings is 1. The molecule has 0 radical (unpaired) electrons. The third kappa shape index (κ3) is 1.51. The fraction of sp³-hybridized carbons (Fsp3) is 0.556. The van der Waals surface area contributed by atoms with E-state index in [-0.39, 0.29) is 5.54 Å². The van der Waals surface area contributed by atoms with Crippen molar-refractivity contribution >= 4 is 22.9 Å². The second-order valence-corrected chi connectivity index (χ2v) is 5.68. The number of nitrogens with one attached hydrogen (secondary N) is 1. The van der Waals surface area contributed by atoms with E-state index in [4.69, 9.17) is 11.6 Å². The SMILES string of the molecule is CC1(C)Cc2sc(Cl)cc2CN1. The van der Waals surface area contributed by atoms with Crippen LogP contribution in [0.3, 0.4) is 0 Å². The second-order valence-electron chi connectivity index (χ2n) is 3.91. The lowest BCUT2D eigenvalue weighted by Gasteiger charge is -2.30. The van der Waals surface area contributed by atoms with E-state index < -0.39 is 0 Å². The van der Waals surface area contributed by atoms with Gasteiger partial charge in [0.15, 0.2) is 0 Å². The number of fused-ring (bicyclic) bond motifs is 1. The molecule has 0 aromatic carbocycles. The van der Waals surface area contributed by atoms with Gasteiger partial charge in [0, 0.05) is 17.0 Å².